The number of aromatic nitrogens is 2. The lowest BCUT2D eigenvalue weighted by atomic mass is 10.0. The van der Waals surface area contributed by atoms with Crippen molar-refractivity contribution < 1.29 is 0 Å². The Hall–Kier alpha value is -0.870. The first-order valence-electron chi connectivity index (χ1n) is 7.32. The van der Waals surface area contributed by atoms with Crippen molar-refractivity contribution in [2.24, 2.45) is 11.7 Å². The van der Waals surface area contributed by atoms with E-state index in [0.29, 0.717) is 24.5 Å². The molecule has 0 amide bonds. The van der Waals surface area contributed by atoms with Crippen molar-refractivity contribution in [3.63, 3.8) is 0 Å². The van der Waals surface area contributed by atoms with Gasteiger partial charge in [-0.05, 0) is 40.2 Å². The Bertz CT molecular complexity index is 370. The third kappa shape index (κ3) is 4.05. The van der Waals surface area contributed by atoms with Crippen LogP contribution in [0.15, 0.2) is 12.5 Å². The van der Waals surface area contributed by atoms with Gasteiger partial charge in [-0.3, -0.25) is 4.90 Å². The van der Waals surface area contributed by atoms with Crippen molar-refractivity contribution in [3.8, 4) is 0 Å². The van der Waals surface area contributed by atoms with Gasteiger partial charge >= 0.3 is 0 Å². The highest BCUT2D eigenvalue weighted by molar-refractivity contribution is 5.08. The smallest absolute Gasteiger partial charge is 0.0951 e. The van der Waals surface area contributed by atoms with Gasteiger partial charge < -0.3 is 10.3 Å². The molecule has 0 aliphatic rings. The van der Waals surface area contributed by atoms with Crippen LogP contribution in [-0.2, 0) is 0 Å². The van der Waals surface area contributed by atoms with Crippen LogP contribution in [0.5, 0.6) is 0 Å². The van der Waals surface area contributed by atoms with E-state index >= 15 is 0 Å². The zero-order valence-corrected chi connectivity index (χ0v) is 13.3. The molecule has 4 heteroatoms. The van der Waals surface area contributed by atoms with Crippen LogP contribution in [0.25, 0.3) is 0 Å². The molecule has 1 rings (SSSR count). The lowest BCUT2D eigenvalue weighted by Gasteiger charge is -2.34. The first-order valence-corrected chi connectivity index (χ1v) is 7.32. The Kier molecular flexibility index (Phi) is 6.01. The summed E-state index contributed by atoms with van der Waals surface area (Å²) >= 11 is 0. The zero-order chi connectivity index (χ0) is 14.6. The van der Waals surface area contributed by atoms with Gasteiger partial charge in [-0.1, -0.05) is 13.8 Å². The van der Waals surface area contributed by atoms with Crippen LogP contribution >= 0.6 is 0 Å². The summed E-state index contributed by atoms with van der Waals surface area (Å²) in [4.78, 5) is 6.68. The molecule has 1 aromatic rings. The molecular weight excluding hydrogens is 236 g/mol. The fraction of sp³-hybridized carbons (Fsp3) is 0.800. The second-order valence-electron chi connectivity index (χ2n) is 6.22. The van der Waals surface area contributed by atoms with E-state index in [4.69, 9.17) is 5.73 Å². The summed E-state index contributed by atoms with van der Waals surface area (Å²) in [5.41, 5.74) is 7.24. The molecule has 2 N–H and O–H groups in total. The van der Waals surface area contributed by atoms with E-state index in [1.165, 1.54) is 12.1 Å². The van der Waals surface area contributed by atoms with Gasteiger partial charge in [0.25, 0.3) is 0 Å². The highest BCUT2D eigenvalue weighted by Gasteiger charge is 2.24. The van der Waals surface area contributed by atoms with Crippen molar-refractivity contribution in [3.05, 3.63) is 18.2 Å². The molecule has 0 saturated carbocycles. The van der Waals surface area contributed by atoms with Gasteiger partial charge in [0.2, 0.25) is 0 Å². The van der Waals surface area contributed by atoms with Crippen LogP contribution in [0.1, 0.15) is 58.8 Å². The molecule has 0 spiro atoms. The van der Waals surface area contributed by atoms with E-state index in [2.05, 4.69) is 56.1 Å². The number of nitrogens with two attached hydrogens (primary N) is 1. The van der Waals surface area contributed by atoms with Gasteiger partial charge in [0.15, 0.2) is 0 Å². The van der Waals surface area contributed by atoms with Crippen LogP contribution in [0.2, 0.25) is 0 Å². The molecule has 1 aromatic heterocycles. The highest BCUT2D eigenvalue weighted by atomic mass is 15.2. The fourth-order valence-corrected chi connectivity index (χ4v) is 2.66. The molecule has 0 fully saturated rings. The van der Waals surface area contributed by atoms with Crippen molar-refractivity contribution in [2.45, 2.75) is 59.2 Å². The molecule has 19 heavy (non-hydrogen) atoms. The van der Waals surface area contributed by atoms with Crippen molar-refractivity contribution >= 4 is 0 Å². The monoisotopic (exact) mass is 266 g/mol. The first kappa shape index (κ1) is 16.2. The maximum absolute atomic E-state index is 6.02. The SMILES string of the molecule is CC(C)CC(C)N(C)C(CN)c1cncn1C(C)C. The van der Waals surface area contributed by atoms with E-state index in [-0.39, 0.29) is 6.04 Å². The first-order chi connectivity index (χ1) is 8.88. The minimum Gasteiger partial charge on any atom is -0.331 e. The Morgan fingerprint density at radius 2 is 1.89 bits per heavy atom. The molecule has 0 radical (unpaired) electrons. The lowest BCUT2D eigenvalue weighted by Crippen LogP contribution is -2.38. The van der Waals surface area contributed by atoms with Gasteiger partial charge in [0.1, 0.15) is 0 Å². The largest absolute Gasteiger partial charge is 0.331 e. The quantitative estimate of drug-likeness (QED) is 0.825. The molecule has 4 nitrogen and oxygen atoms in total. The molecule has 110 valence electrons. The average molecular weight is 266 g/mol. The molecular formula is C15H30N4. The summed E-state index contributed by atoms with van der Waals surface area (Å²) in [6.07, 6.45) is 5.04. The normalized spacial score (nSPS) is 15.5. The molecule has 0 aromatic carbocycles. The van der Waals surface area contributed by atoms with Crippen molar-refractivity contribution in [2.75, 3.05) is 13.6 Å². The third-order valence-corrected chi connectivity index (χ3v) is 3.82. The molecule has 0 aliphatic carbocycles. The van der Waals surface area contributed by atoms with Crippen molar-refractivity contribution in [1.29, 1.82) is 0 Å². The van der Waals surface area contributed by atoms with Gasteiger partial charge in [-0.15, -0.1) is 0 Å². The minimum absolute atomic E-state index is 0.235. The maximum atomic E-state index is 6.02. The molecule has 2 unspecified atom stereocenters. The Morgan fingerprint density at radius 3 is 2.37 bits per heavy atom. The number of hydrogen-bond donors (Lipinski definition) is 1. The van der Waals surface area contributed by atoms with Crippen LogP contribution < -0.4 is 5.73 Å². The highest BCUT2D eigenvalue weighted by Crippen LogP contribution is 2.24. The van der Waals surface area contributed by atoms with E-state index in [0.717, 1.165) is 0 Å². The standard InChI is InChI=1S/C15H30N4/c1-11(2)7-13(5)18(6)14(8-16)15-9-17-10-19(15)12(3)4/h9-14H,7-8,16H2,1-6H3. The lowest BCUT2D eigenvalue weighted by molar-refractivity contribution is 0.162. The topological polar surface area (TPSA) is 47.1 Å². The molecule has 2 atom stereocenters. The number of hydrogen-bond acceptors (Lipinski definition) is 3. The maximum Gasteiger partial charge on any atom is 0.0951 e. The van der Waals surface area contributed by atoms with Gasteiger partial charge in [0.05, 0.1) is 18.1 Å². The molecule has 0 aliphatic heterocycles. The van der Waals surface area contributed by atoms with Gasteiger partial charge in [0, 0.05) is 24.8 Å². The average Bonchev–Trinajstić information content (AvgIpc) is 2.78. The Morgan fingerprint density at radius 1 is 1.26 bits per heavy atom. The number of likely N-dealkylation sites (N-methyl/N-ethyl adjacent to an activating group) is 1. The summed E-state index contributed by atoms with van der Waals surface area (Å²) < 4.78 is 2.22. The minimum atomic E-state index is 0.235. The molecule has 1 heterocycles. The van der Waals surface area contributed by atoms with E-state index in [1.807, 2.05) is 12.5 Å². The summed E-state index contributed by atoms with van der Waals surface area (Å²) in [7, 11) is 2.17. The summed E-state index contributed by atoms with van der Waals surface area (Å²) in [6, 6.07) is 1.17. The number of nitrogens with zero attached hydrogens (tertiary/aromatic N) is 3. The number of imidazole rings is 1. The molecule has 0 saturated heterocycles. The van der Waals surface area contributed by atoms with E-state index in [9.17, 15) is 0 Å². The van der Waals surface area contributed by atoms with Gasteiger partial charge in [-0.2, -0.15) is 0 Å². The number of rotatable bonds is 7. The predicted molar refractivity (Wildman–Crippen MR) is 81.1 cm³/mol. The van der Waals surface area contributed by atoms with Crippen LogP contribution in [0.4, 0.5) is 0 Å². The van der Waals surface area contributed by atoms with Crippen LogP contribution in [0, 0.1) is 5.92 Å². The van der Waals surface area contributed by atoms with E-state index < -0.39 is 0 Å². The van der Waals surface area contributed by atoms with E-state index in [1.54, 1.807) is 0 Å². The van der Waals surface area contributed by atoms with Crippen molar-refractivity contribution in [1.82, 2.24) is 14.5 Å². The van der Waals surface area contributed by atoms with Crippen LogP contribution in [-0.4, -0.2) is 34.1 Å². The fourth-order valence-electron chi connectivity index (χ4n) is 2.66. The van der Waals surface area contributed by atoms with Crippen LogP contribution in [0.3, 0.4) is 0 Å². The van der Waals surface area contributed by atoms with Gasteiger partial charge in [-0.25, -0.2) is 4.98 Å². The third-order valence-electron chi connectivity index (χ3n) is 3.82. The Labute approximate surface area is 118 Å². The second-order valence-corrected chi connectivity index (χ2v) is 6.22. The Balaban J connectivity index is 2.90. The summed E-state index contributed by atoms with van der Waals surface area (Å²) in [6.45, 7) is 11.8. The summed E-state index contributed by atoms with van der Waals surface area (Å²) in [5, 5.41) is 0. The second kappa shape index (κ2) is 7.06. The predicted octanol–water partition coefficient (Wildman–Crippen LogP) is 2.83. The summed E-state index contributed by atoms with van der Waals surface area (Å²) in [5.74, 6) is 0.700. The zero-order valence-electron chi connectivity index (χ0n) is 13.3. The molecule has 0 bridgehead atoms.